The van der Waals surface area contributed by atoms with E-state index in [9.17, 15) is 13.2 Å². The quantitative estimate of drug-likeness (QED) is 0.778. The average Bonchev–Trinajstić information content (AvgIpc) is 3.00. The van der Waals surface area contributed by atoms with Crippen LogP contribution in [0.25, 0.3) is 0 Å². The lowest BCUT2D eigenvalue weighted by molar-refractivity contribution is 0.102. The maximum atomic E-state index is 12.9. The third-order valence-corrected chi connectivity index (χ3v) is 6.76. The topological polar surface area (TPSA) is 92.5 Å². The van der Waals surface area contributed by atoms with Crippen molar-refractivity contribution in [2.24, 2.45) is 0 Å². The number of nitrogens with zero attached hydrogens (tertiary/aromatic N) is 2. The monoisotopic (exact) mass is 393 g/mol. The van der Waals surface area contributed by atoms with Crippen LogP contribution >= 0.6 is 0 Å². The molecule has 0 spiro atoms. The molecule has 1 amide bonds. The summed E-state index contributed by atoms with van der Waals surface area (Å²) in [5.41, 5.74) is 3.04. The lowest BCUT2D eigenvalue weighted by Gasteiger charge is -2.20. The first-order valence-corrected chi connectivity index (χ1v) is 10.5. The fourth-order valence-corrected chi connectivity index (χ4v) is 4.52. The highest BCUT2D eigenvalue weighted by Gasteiger charge is 2.25. The molecule has 1 aromatic carbocycles. The summed E-state index contributed by atoms with van der Waals surface area (Å²) in [6.07, 6.45) is 0.564. The molecule has 8 heteroatoms. The van der Waals surface area contributed by atoms with Crippen LogP contribution in [0.15, 0.2) is 21.6 Å². The largest absolute Gasteiger partial charge is 0.361 e. The van der Waals surface area contributed by atoms with Crippen molar-refractivity contribution in [2.45, 2.75) is 52.9 Å². The van der Waals surface area contributed by atoms with E-state index >= 15 is 0 Å². The molecule has 0 fully saturated rings. The van der Waals surface area contributed by atoms with Gasteiger partial charge < -0.3 is 9.84 Å². The molecular weight excluding hydrogens is 366 g/mol. The van der Waals surface area contributed by atoms with Crippen LogP contribution in [-0.2, 0) is 16.4 Å². The van der Waals surface area contributed by atoms with Crippen LogP contribution in [0.2, 0.25) is 0 Å². The standard InChI is InChI=1S/C19H27N3O4S/c1-7-16-18(14(6)26-21-16)19(23)20-17-11-15(10-12(4)13(17)5)27(24,25)22(8-2)9-3/h10-11H,7-9H2,1-6H3,(H,20,23). The number of rotatable bonds is 7. The highest BCUT2D eigenvalue weighted by atomic mass is 32.2. The maximum Gasteiger partial charge on any atom is 0.261 e. The van der Waals surface area contributed by atoms with E-state index in [0.29, 0.717) is 42.2 Å². The van der Waals surface area contributed by atoms with Gasteiger partial charge in [-0.1, -0.05) is 25.9 Å². The molecule has 0 saturated heterocycles. The van der Waals surface area contributed by atoms with Gasteiger partial charge in [0, 0.05) is 18.8 Å². The Morgan fingerprint density at radius 1 is 1.15 bits per heavy atom. The smallest absolute Gasteiger partial charge is 0.261 e. The summed E-state index contributed by atoms with van der Waals surface area (Å²) < 4.78 is 32.3. The summed E-state index contributed by atoms with van der Waals surface area (Å²) in [5.74, 6) is 0.0797. The predicted molar refractivity (Wildman–Crippen MR) is 105 cm³/mol. The number of carbonyl (C=O) groups excluding carboxylic acids is 1. The molecule has 7 nitrogen and oxygen atoms in total. The van der Waals surface area contributed by atoms with E-state index in [1.165, 1.54) is 10.4 Å². The lowest BCUT2D eigenvalue weighted by atomic mass is 10.1. The molecule has 2 aromatic rings. The van der Waals surface area contributed by atoms with Crippen LogP contribution in [0, 0.1) is 20.8 Å². The molecular formula is C19H27N3O4S. The van der Waals surface area contributed by atoms with Crippen molar-refractivity contribution in [3.63, 3.8) is 0 Å². The fraction of sp³-hybridized carbons (Fsp3) is 0.474. The Bertz CT molecular complexity index is 944. The second-order valence-electron chi connectivity index (χ2n) is 6.37. The fourth-order valence-electron chi connectivity index (χ4n) is 2.95. The number of aromatic nitrogens is 1. The van der Waals surface area contributed by atoms with E-state index in [-0.39, 0.29) is 10.8 Å². The molecule has 1 N–H and O–H groups in total. The molecule has 0 bridgehead atoms. The molecule has 1 aromatic heterocycles. The van der Waals surface area contributed by atoms with Gasteiger partial charge in [-0.05, 0) is 50.5 Å². The third-order valence-electron chi connectivity index (χ3n) is 4.73. The minimum Gasteiger partial charge on any atom is -0.361 e. The van der Waals surface area contributed by atoms with E-state index in [0.717, 1.165) is 11.1 Å². The zero-order valence-corrected chi connectivity index (χ0v) is 17.5. The molecule has 0 saturated carbocycles. The number of nitrogens with one attached hydrogen (secondary N) is 1. The van der Waals surface area contributed by atoms with E-state index in [1.54, 1.807) is 26.8 Å². The number of carbonyl (C=O) groups is 1. The normalized spacial score (nSPS) is 11.8. The predicted octanol–water partition coefficient (Wildman–Crippen LogP) is 3.45. The van der Waals surface area contributed by atoms with Crippen molar-refractivity contribution in [1.82, 2.24) is 9.46 Å². The van der Waals surface area contributed by atoms with Crippen LogP contribution < -0.4 is 5.32 Å². The molecule has 0 radical (unpaired) electrons. The molecule has 2 rings (SSSR count). The van der Waals surface area contributed by atoms with Crippen LogP contribution in [0.4, 0.5) is 5.69 Å². The summed E-state index contributed by atoms with van der Waals surface area (Å²) in [5, 5.41) is 6.74. The zero-order chi connectivity index (χ0) is 20.4. The maximum absolute atomic E-state index is 12.9. The van der Waals surface area contributed by atoms with Crippen molar-refractivity contribution in [2.75, 3.05) is 18.4 Å². The van der Waals surface area contributed by atoms with Gasteiger partial charge in [-0.15, -0.1) is 0 Å². The van der Waals surface area contributed by atoms with Crippen LogP contribution in [0.3, 0.4) is 0 Å². The Kier molecular flexibility index (Phi) is 6.43. The van der Waals surface area contributed by atoms with E-state index in [2.05, 4.69) is 10.5 Å². The summed E-state index contributed by atoms with van der Waals surface area (Å²) in [4.78, 5) is 12.9. The number of sulfonamides is 1. The lowest BCUT2D eigenvalue weighted by Crippen LogP contribution is -2.30. The van der Waals surface area contributed by atoms with Gasteiger partial charge >= 0.3 is 0 Å². The van der Waals surface area contributed by atoms with Gasteiger partial charge in [0.2, 0.25) is 10.0 Å². The Hall–Kier alpha value is -2.19. The van der Waals surface area contributed by atoms with Gasteiger partial charge in [-0.3, -0.25) is 4.79 Å². The summed E-state index contributed by atoms with van der Waals surface area (Å²) >= 11 is 0. The first kappa shape index (κ1) is 21.1. The number of aryl methyl sites for hydroxylation is 3. The van der Waals surface area contributed by atoms with Crippen LogP contribution in [-0.4, -0.2) is 36.9 Å². The molecule has 0 aliphatic rings. The minimum atomic E-state index is -3.62. The first-order chi connectivity index (χ1) is 12.7. The van der Waals surface area contributed by atoms with E-state index in [4.69, 9.17) is 4.52 Å². The molecule has 0 unspecified atom stereocenters. The number of hydrogen-bond acceptors (Lipinski definition) is 5. The molecule has 1 heterocycles. The summed E-state index contributed by atoms with van der Waals surface area (Å²) in [7, 11) is -3.62. The Balaban J connectivity index is 2.48. The average molecular weight is 394 g/mol. The van der Waals surface area contributed by atoms with Gasteiger partial charge in [0.15, 0.2) is 0 Å². The van der Waals surface area contributed by atoms with Gasteiger partial charge in [-0.2, -0.15) is 4.31 Å². The van der Waals surface area contributed by atoms with Gasteiger partial charge in [0.25, 0.3) is 5.91 Å². The van der Waals surface area contributed by atoms with E-state index < -0.39 is 10.0 Å². The second kappa shape index (κ2) is 8.22. The number of amides is 1. The van der Waals surface area contributed by atoms with E-state index in [1.807, 2.05) is 20.8 Å². The van der Waals surface area contributed by atoms with Crippen molar-refractivity contribution < 1.29 is 17.7 Å². The molecule has 0 atom stereocenters. The van der Waals surface area contributed by atoms with Crippen molar-refractivity contribution >= 4 is 21.6 Å². The highest BCUT2D eigenvalue weighted by molar-refractivity contribution is 7.89. The number of anilines is 1. The van der Waals surface area contributed by atoms with Crippen molar-refractivity contribution in [3.8, 4) is 0 Å². The van der Waals surface area contributed by atoms with Crippen LogP contribution in [0.1, 0.15) is 53.7 Å². The Labute approximate surface area is 160 Å². The third kappa shape index (κ3) is 4.06. The number of hydrogen-bond donors (Lipinski definition) is 1. The highest BCUT2D eigenvalue weighted by Crippen LogP contribution is 2.27. The van der Waals surface area contributed by atoms with Crippen molar-refractivity contribution in [1.29, 1.82) is 0 Å². The minimum absolute atomic E-state index is 0.169. The van der Waals surface area contributed by atoms with Gasteiger partial charge in [-0.25, -0.2) is 8.42 Å². The SMILES string of the molecule is CCc1noc(C)c1C(=O)Nc1cc(S(=O)(=O)N(CC)CC)cc(C)c1C. The first-order valence-electron chi connectivity index (χ1n) is 9.05. The Morgan fingerprint density at radius 2 is 1.78 bits per heavy atom. The summed E-state index contributed by atoms with van der Waals surface area (Å²) in [6, 6.07) is 3.16. The molecule has 27 heavy (non-hydrogen) atoms. The number of benzene rings is 1. The Morgan fingerprint density at radius 3 is 2.33 bits per heavy atom. The summed E-state index contributed by atoms with van der Waals surface area (Å²) in [6.45, 7) is 11.6. The molecule has 0 aliphatic heterocycles. The van der Waals surface area contributed by atoms with Crippen molar-refractivity contribution in [3.05, 3.63) is 40.3 Å². The second-order valence-corrected chi connectivity index (χ2v) is 8.31. The molecule has 0 aliphatic carbocycles. The van der Waals surface area contributed by atoms with Gasteiger partial charge in [0.1, 0.15) is 11.3 Å². The molecule has 148 valence electrons. The zero-order valence-electron chi connectivity index (χ0n) is 16.7. The van der Waals surface area contributed by atoms with Gasteiger partial charge in [0.05, 0.1) is 10.6 Å². The van der Waals surface area contributed by atoms with Crippen LogP contribution in [0.5, 0.6) is 0 Å².